The topological polar surface area (TPSA) is 101 Å². The first-order valence-electron chi connectivity index (χ1n) is 6.87. The molecule has 128 valence electrons. The molecule has 3 heterocycles. The number of halogens is 3. The van der Waals surface area contributed by atoms with Crippen LogP contribution in [0.25, 0.3) is 0 Å². The lowest BCUT2D eigenvalue weighted by atomic mass is 10.0. The third-order valence-electron chi connectivity index (χ3n) is 4.13. The van der Waals surface area contributed by atoms with Gasteiger partial charge in [-0.2, -0.15) is 0 Å². The van der Waals surface area contributed by atoms with Crippen molar-refractivity contribution in [2.45, 2.75) is 54.9 Å². The van der Waals surface area contributed by atoms with Crippen molar-refractivity contribution in [1.82, 2.24) is 0 Å². The summed E-state index contributed by atoms with van der Waals surface area (Å²) in [6.07, 6.45) is -9.25. The molecule has 0 saturated carbocycles. The summed E-state index contributed by atoms with van der Waals surface area (Å²) in [5.41, 5.74) is 0. The Kier molecular flexibility index (Phi) is 4.86. The van der Waals surface area contributed by atoms with Crippen LogP contribution in [0.5, 0.6) is 0 Å². The van der Waals surface area contributed by atoms with E-state index in [4.69, 9.17) is 47.3 Å². The fourth-order valence-corrected chi connectivity index (χ4v) is 3.36. The number of fused-ring (bicyclic) bond motifs is 1. The van der Waals surface area contributed by atoms with E-state index in [1.807, 2.05) is 0 Å². The third-order valence-corrected chi connectivity index (χ3v) is 4.81. The van der Waals surface area contributed by atoms with E-state index in [0.29, 0.717) is 0 Å². The monoisotopic (exact) mass is 362 g/mol. The first-order chi connectivity index (χ1) is 10.5. The Labute approximate surface area is 135 Å². The van der Waals surface area contributed by atoms with Gasteiger partial charge in [0.2, 0.25) is 5.79 Å². The van der Waals surface area contributed by atoms with E-state index < -0.39 is 55.4 Å². The summed E-state index contributed by atoms with van der Waals surface area (Å²) in [4.78, 5) is 0. The van der Waals surface area contributed by atoms with Crippen molar-refractivity contribution in [3.63, 3.8) is 0 Å². The number of aliphatic hydroxyl groups is 3. The zero-order valence-electron chi connectivity index (χ0n) is 11.3. The SMILES string of the molecule is OC[C@H]1O[C@H](O[C@]2(CCl)O[C@H](CCl)[C@@H]3O[C@H]32)[C@H](O)[C@@H](O)[C@H]1F. The molecule has 0 aromatic heterocycles. The smallest absolute Gasteiger partial charge is 0.214 e. The Morgan fingerprint density at radius 1 is 1.14 bits per heavy atom. The minimum Gasteiger partial charge on any atom is -0.394 e. The van der Waals surface area contributed by atoms with Crippen LogP contribution in [0, 0.1) is 0 Å². The average molecular weight is 363 g/mol. The fraction of sp³-hybridized carbons (Fsp3) is 1.00. The molecule has 0 spiro atoms. The Morgan fingerprint density at radius 2 is 1.86 bits per heavy atom. The molecule has 3 fully saturated rings. The van der Waals surface area contributed by atoms with Crippen molar-refractivity contribution in [3.05, 3.63) is 0 Å². The highest BCUT2D eigenvalue weighted by Crippen LogP contribution is 2.49. The van der Waals surface area contributed by atoms with Gasteiger partial charge in [-0.15, -0.1) is 23.2 Å². The van der Waals surface area contributed by atoms with Gasteiger partial charge in [0.05, 0.1) is 18.4 Å². The maximum Gasteiger partial charge on any atom is 0.214 e. The summed E-state index contributed by atoms with van der Waals surface area (Å²) in [5.74, 6) is -1.36. The highest BCUT2D eigenvalue weighted by molar-refractivity contribution is 6.19. The largest absolute Gasteiger partial charge is 0.394 e. The molecule has 0 aliphatic carbocycles. The number of aliphatic hydroxyl groups excluding tert-OH is 3. The van der Waals surface area contributed by atoms with Crippen molar-refractivity contribution in [2.24, 2.45) is 0 Å². The van der Waals surface area contributed by atoms with E-state index in [9.17, 15) is 14.6 Å². The van der Waals surface area contributed by atoms with E-state index in [1.54, 1.807) is 0 Å². The minimum absolute atomic E-state index is 0.132. The second-order valence-electron chi connectivity index (χ2n) is 5.55. The molecule has 0 aromatic carbocycles. The Morgan fingerprint density at radius 3 is 2.41 bits per heavy atom. The van der Waals surface area contributed by atoms with Crippen molar-refractivity contribution < 1.29 is 38.7 Å². The van der Waals surface area contributed by atoms with Gasteiger partial charge in [0.15, 0.2) is 12.5 Å². The molecular formula is C12H17Cl2FO7. The lowest BCUT2D eigenvalue weighted by molar-refractivity contribution is -0.365. The average Bonchev–Trinajstić information content (AvgIpc) is 3.27. The van der Waals surface area contributed by atoms with E-state index in [-0.39, 0.29) is 17.9 Å². The zero-order chi connectivity index (χ0) is 16.1. The van der Waals surface area contributed by atoms with Crippen molar-refractivity contribution in [1.29, 1.82) is 0 Å². The highest BCUT2D eigenvalue weighted by Gasteiger charge is 2.68. The van der Waals surface area contributed by atoms with Gasteiger partial charge in [-0.05, 0) is 0 Å². The van der Waals surface area contributed by atoms with Gasteiger partial charge in [0.25, 0.3) is 0 Å². The van der Waals surface area contributed by atoms with Crippen molar-refractivity contribution in [3.8, 4) is 0 Å². The summed E-state index contributed by atoms with van der Waals surface area (Å²) < 4.78 is 35.5. The van der Waals surface area contributed by atoms with E-state index in [2.05, 4.69) is 0 Å². The molecule has 3 rings (SSSR count). The van der Waals surface area contributed by atoms with Crippen LogP contribution in [-0.4, -0.2) is 88.6 Å². The molecule has 0 unspecified atom stereocenters. The summed E-state index contributed by atoms with van der Waals surface area (Å²) in [6.45, 7) is -0.674. The van der Waals surface area contributed by atoms with Gasteiger partial charge in [-0.3, -0.25) is 0 Å². The predicted octanol–water partition coefficient (Wildman–Crippen LogP) is -0.880. The second kappa shape index (κ2) is 6.27. The van der Waals surface area contributed by atoms with Crippen molar-refractivity contribution >= 4 is 23.2 Å². The molecule has 3 N–H and O–H groups in total. The van der Waals surface area contributed by atoms with Crippen LogP contribution in [0.15, 0.2) is 0 Å². The maximum absolute atomic E-state index is 13.7. The van der Waals surface area contributed by atoms with Gasteiger partial charge in [0.1, 0.15) is 36.6 Å². The molecule has 22 heavy (non-hydrogen) atoms. The molecule has 0 radical (unpaired) electrons. The number of hydrogen-bond acceptors (Lipinski definition) is 7. The van der Waals surface area contributed by atoms with Crippen LogP contribution in [0.2, 0.25) is 0 Å². The Balaban J connectivity index is 1.74. The number of ether oxygens (including phenoxy) is 4. The molecule has 10 heteroatoms. The zero-order valence-corrected chi connectivity index (χ0v) is 12.9. The highest BCUT2D eigenvalue weighted by atomic mass is 35.5. The lowest BCUT2D eigenvalue weighted by Crippen LogP contribution is -2.60. The minimum atomic E-state index is -1.93. The molecule has 7 nitrogen and oxygen atoms in total. The molecule has 3 saturated heterocycles. The van der Waals surface area contributed by atoms with E-state index >= 15 is 0 Å². The summed E-state index contributed by atoms with van der Waals surface area (Å²) in [7, 11) is 0. The summed E-state index contributed by atoms with van der Waals surface area (Å²) in [5, 5.41) is 28.7. The second-order valence-corrected chi connectivity index (χ2v) is 6.12. The van der Waals surface area contributed by atoms with Crippen molar-refractivity contribution in [2.75, 3.05) is 18.4 Å². The summed E-state index contributed by atoms with van der Waals surface area (Å²) >= 11 is 11.7. The maximum atomic E-state index is 13.7. The van der Waals surface area contributed by atoms with Gasteiger partial charge < -0.3 is 34.3 Å². The molecule has 0 amide bonds. The lowest BCUT2D eigenvalue weighted by Gasteiger charge is -2.42. The fourth-order valence-electron chi connectivity index (χ4n) is 2.84. The predicted molar refractivity (Wildman–Crippen MR) is 71.4 cm³/mol. The van der Waals surface area contributed by atoms with Gasteiger partial charge in [-0.25, -0.2) is 4.39 Å². The molecule has 0 bridgehead atoms. The third kappa shape index (κ3) is 2.64. The van der Waals surface area contributed by atoms with Gasteiger partial charge >= 0.3 is 0 Å². The molecule has 9 atom stereocenters. The standard InChI is InChI=1S/C12H17Cl2FO7/c13-1-4-9-10(20-9)12(3-14,21-4)22-11-8(18)7(17)6(15)5(2-16)19-11/h4-11,16-18H,1-3H2/t4-,5-,6+,7+,8-,9+,10-,11-,12+/m1/s1. The number of hydrogen-bond donors (Lipinski definition) is 3. The van der Waals surface area contributed by atoms with Crippen LogP contribution in [-0.2, 0) is 18.9 Å². The van der Waals surface area contributed by atoms with Crippen LogP contribution < -0.4 is 0 Å². The molecule has 3 aliphatic rings. The molecule has 3 aliphatic heterocycles. The normalized spacial score (nSPS) is 54.3. The molecule has 0 aromatic rings. The van der Waals surface area contributed by atoms with E-state index in [1.165, 1.54) is 0 Å². The Bertz CT molecular complexity index is 417. The Hall–Kier alpha value is 0.230. The van der Waals surface area contributed by atoms with Gasteiger partial charge in [0, 0.05) is 0 Å². The number of epoxide rings is 1. The first-order valence-corrected chi connectivity index (χ1v) is 7.94. The van der Waals surface area contributed by atoms with Gasteiger partial charge in [-0.1, -0.05) is 0 Å². The quantitative estimate of drug-likeness (QED) is 0.431. The first kappa shape index (κ1) is 17.1. The summed E-state index contributed by atoms with van der Waals surface area (Å²) in [6, 6.07) is 0. The number of alkyl halides is 3. The van der Waals surface area contributed by atoms with Crippen LogP contribution in [0.3, 0.4) is 0 Å². The van der Waals surface area contributed by atoms with Crippen LogP contribution in [0.1, 0.15) is 0 Å². The number of rotatable bonds is 5. The molecular weight excluding hydrogens is 346 g/mol. The van der Waals surface area contributed by atoms with Crippen LogP contribution in [0.4, 0.5) is 4.39 Å². The van der Waals surface area contributed by atoms with Crippen LogP contribution >= 0.6 is 23.2 Å². The van der Waals surface area contributed by atoms with E-state index in [0.717, 1.165) is 0 Å².